The molecule has 0 aliphatic carbocycles. The molecule has 0 N–H and O–H groups in total. The Hall–Kier alpha value is -3.85. The molecule has 1 atom stereocenters. The van der Waals surface area contributed by atoms with Crippen molar-refractivity contribution in [3.8, 4) is 22.9 Å². The fourth-order valence-corrected chi connectivity index (χ4v) is 4.77. The molecule has 0 bridgehead atoms. The van der Waals surface area contributed by atoms with Crippen LogP contribution in [0.2, 0.25) is 0 Å². The summed E-state index contributed by atoms with van der Waals surface area (Å²) in [6, 6.07) is 20.5. The van der Waals surface area contributed by atoms with Gasteiger partial charge in [0.1, 0.15) is 6.04 Å². The third-order valence-electron chi connectivity index (χ3n) is 5.43. The van der Waals surface area contributed by atoms with E-state index in [4.69, 9.17) is 9.47 Å². The number of hydrogen-bond donors (Lipinski definition) is 0. The number of carbonyl (C=O) groups excluding carboxylic acids is 1. The zero-order valence-corrected chi connectivity index (χ0v) is 19.1. The molecule has 3 aromatic carbocycles. The van der Waals surface area contributed by atoms with Gasteiger partial charge in [-0.25, -0.2) is 0 Å². The van der Waals surface area contributed by atoms with Gasteiger partial charge in [-0.15, -0.1) is 10.2 Å². The first-order valence-corrected chi connectivity index (χ1v) is 11.1. The molecule has 1 amide bonds. The average molecular weight is 460 g/mol. The highest BCUT2D eigenvalue weighted by atomic mass is 32.2. The molecule has 1 aromatic heterocycles. The Morgan fingerprint density at radius 1 is 0.909 bits per heavy atom. The SMILES string of the molecule is COc1ccc(-c2nnn(C(C)C(=O)N3c4ccccc4Sc4ccccc43)n2)cc1OC. The zero-order valence-electron chi connectivity index (χ0n) is 18.3. The minimum Gasteiger partial charge on any atom is -0.493 e. The van der Waals surface area contributed by atoms with Crippen molar-refractivity contribution in [1.82, 2.24) is 20.2 Å². The first-order valence-electron chi connectivity index (χ1n) is 10.3. The fraction of sp³-hybridized carbons (Fsp3) is 0.167. The maximum absolute atomic E-state index is 13.7. The number of nitrogens with zero attached hydrogens (tertiary/aromatic N) is 5. The van der Waals surface area contributed by atoms with Crippen molar-refractivity contribution in [3.05, 3.63) is 66.7 Å². The molecule has 0 saturated carbocycles. The van der Waals surface area contributed by atoms with Crippen molar-refractivity contribution < 1.29 is 14.3 Å². The first-order chi connectivity index (χ1) is 16.1. The van der Waals surface area contributed by atoms with E-state index in [-0.39, 0.29) is 5.91 Å². The predicted molar refractivity (Wildman–Crippen MR) is 125 cm³/mol. The number of ether oxygens (including phenoxy) is 2. The Bertz CT molecular complexity index is 1290. The smallest absolute Gasteiger partial charge is 0.258 e. The zero-order chi connectivity index (χ0) is 22.9. The number of methoxy groups -OCH3 is 2. The largest absolute Gasteiger partial charge is 0.493 e. The predicted octanol–water partition coefficient (Wildman–Crippen LogP) is 4.75. The molecule has 1 aliphatic heterocycles. The van der Waals surface area contributed by atoms with E-state index in [0.717, 1.165) is 21.2 Å². The van der Waals surface area contributed by atoms with Crippen molar-refractivity contribution in [1.29, 1.82) is 0 Å². The van der Waals surface area contributed by atoms with Crippen LogP contribution >= 0.6 is 11.8 Å². The van der Waals surface area contributed by atoms with E-state index in [9.17, 15) is 4.79 Å². The van der Waals surface area contributed by atoms with E-state index >= 15 is 0 Å². The molecule has 0 spiro atoms. The summed E-state index contributed by atoms with van der Waals surface area (Å²) in [5.74, 6) is 1.42. The topological polar surface area (TPSA) is 82.4 Å². The van der Waals surface area contributed by atoms with Gasteiger partial charge in [0, 0.05) is 15.4 Å². The monoisotopic (exact) mass is 459 g/mol. The summed E-state index contributed by atoms with van der Waals surface area (Å²) < 4.78 is 10.7. The summed E-state index contributed by atoms with van der Waals surface area (Å²) in [4.78, 5) is 18.8. The van der Waals surface area contributed by atoms with Gasteiger partial charge in [0.05, 0.1) is 25.6 Å². The number of amides is 1. The van der Waals surface area contributed by atoms with E-state index in [1.165, 1.54) is 4.80 Å². The quantitative estimate of drug-likeness (QED) is 0.426. The molecule has 166 valence electrons. The van der Waals surface area contributed by atoms with Crippen LogP contribution in [0.4, 0.5) is 11.4 Å². The first kappa shape index (κ1) is 21.0. The highest BCUT2D eigenvalue weighted by Crippen LogP contribution is 2.48. The number of fused-ring (bicyclic) bond motifs is 2. The van der Waals surface area contributed by atoms with Crippen molar-refractivity contribution in [2.45, 2.75) is 22.8 Å². The average Bonchev–Trinajstić information content (AvgIpc) is 3.36. The normalized spacial score (nSPS) is 13.1. The molecule has 2 heterocycles. The van der Waals surface area contributed by atoms with E-state index < -0.39 is 6.04 Å². The minimum atomic E-state index is -0.671. The Labute approximate surface area is 195 Å². The lowest BCUT2D eigenvalue weighted by atomic mass is 10.2. The highest BCUT2D eigenvalue weighted by Gasteiger charge is 2.32. The lowest BCUT2D eigenvalue weighted by molar-refractivity contribution is -0.121. The highest BCUT2D eigenvalue weighted by molar-refractivity contribution is 7.99. The van der Waals surface area contributed by atoms with Gasteiger partial charge in [-0.2, -0.15) is 4.80 Å². The number of anilines is 2. The van der Waals surface area contributed by atoms with E-state index in [2.05, 4.69) is 15.4 Å². The van der Waals surface area contributed by atoms with Gasteiger partial charge in [-0.3, -0.25) is 9.69 Å². The molecule has 0 saturated heterocycles. The van der Waals surface area contributed by atoms with Crippen LogP contribution in [0, 0.1) is 0 Å². The molecule has 33 heavy (non-hydrogen) atoms. The summed E-state index contributed by atoms with van der Waals surface area (Å²) in [5.41, 5.74) is 2.40. The minimum absolute atomic E-state index is 0.147. The molecule has 0 fully saturated rings. The summed E-state index contributed by atoms with van der Waals surface area (Å²) in [6.45, 7) is 1.77. The van der Waals surface area contributed by atoms with Crippen molar-refractivity contribution in [3.63, 3.8) is 0 Å². The Kier molecular flexibility index (Phi) is 5.47. The van der Waals surface area contributed by atoms with Gasteiger partial charge in [0.15, 0.2) is 11.5 Å². The fourth-order valence-electron chi connectivity index (χ4n) is 3.71. The standard InChI is InChI=1S/C24H21N5O3S/c1-15(29-26-23(25-27-29)16-12-13-19(31-2)20(14-16)32-3)24(30)28-17-8-4-6-10-21(17)33-22-11-7-5-9-18(22)28/h4-15H,1-3H3. The van der Waals surface area contributed by atoms with Crippen LogP contribution in [0.15, 0.2) is 76.5 Å². The third kappa shape index (κ3) is 3.70. The lowest BCUT2D eigenvalue weighted by Crippen LogP contribution is -2.35. The number of para-hydroxylation sites is 2. The Morgan fingerprint density at radius 2 is 1.55 bits per heavy atom. The van der Waals surface area contributed by atoms with Crippen LogP contribution in [0.1, 0.15) is 13.0 Å². The second kappa shape index (κ2) is 8.59. The van der Waals surface area contributed by atoms with E-state index in [1.54, 1.807) is 49.9 Å². The van der Waals surface area contributed by atoms with Crippen molar-refractivity contribution >= 4 is 29.0 Å². The number of aromatic nitrogens is 4. The Morgan fingerprint density at radius 3 is 2.18 bits per heavy atom. The van der Waals surface area contributed by atoms with Crippen LogP contribution in [0.25, 0.3) is 11.4 Å². The molecule has 9 heteroatoms. The van der Waals surface area contributed by atoms with Gasteiger partial charge in [-0.05, 0) is 54.6 Å². The maximum Gasteiger partial charge on any atom is 0.258 e. The molecule has 1 unspecified atom stereocenters. The number of carbonyl (C=O) groups is 1. The second-order valence-corrected chi connectivity index (χ2v) is 8.47. The number of benzene rings is 3. The second-order valence-electron chi connectivity index (χ2n) is 7.39. The van der Waals surface area contributed by atoms with Gasteiger partial charge < -0.3 is 9.47 Å². The molecule has 1 aliphatic rings. The maximum atomic E-state index is 13.7. The van der Waals surface area contributed by atoms with Gasteiger partial charge >= 0.3 is 0 Å². The number of hydrogen-bond acceptors (Lipinski definition) is 7. The number of tetrazole rings is 1. The summed E-state index contributed by atoms with van der Waals surface area (Å²) >= 11 is 1.65. The van der Waals surface area contributed by atoms with Crippen LogP contribution in [0.3, 0.4) is 0 Å². The van der Waals surface area contributed by atoms with Gasteiger partial charge in [-0.1, -0.05) is 36.0 Å². The van der Waals surface area contributed by atoms with Crippen LogP contribution in [0.5, 0.6) is 11.5 Å². The molecular formula is C24H21N5O3S. The molecule has 0 radical (unpaired) electrons. The van der Waals surface area contributed by atoms with Gasteiger partial charge in [0.2, 0.25) is 5.82 Å². The van der Waals surface area contributed by atoms with Crippen molar-refractivity contribution in [2.75, 3.05) is 19.1 Å². The molecular weight excluding hydrogens is 438 g/mol. The third-order valence-corrected chi connectivity index (χ3v) is 6.56. The summed E-state index contributed by atoms with van der Waals surface area (Å²) in [5, 5.41) is 12.8. The summed E-state index contributed by atoms with van der Waals surface area (Å²) in [7, 11) is 3.15. The Balaban J connectivity index is 1.48. The number of rotatable bonds is 5. The lowest BCUT2D eigenvalue weighted by Gasteiger charge is -2.32. The van der Waals surface area contributed by atoms with Crippen LogP contribution in [-0.2, 0) is 4.79 Å². The van der Waals surface area contributed by atoms with Crippen molar-refractivity contribution in [2.24, 2.45) is 0 Å². The molecule has 4 aromatic rings. The molecule has 8 nitrogen and oxygen atoms in total. The van der Waals surface area contributed by atoms with Crippen LogP contribution < -0.4 is 14.4 Å². The molecule has 5 rings (SSSR count). The van der Waals surface area contributed by atoms with E-state index in [0.29, 0.717) is 22.9 Å². The van der Waals surface area contributed by atoms with Crippen LogP contribution in [-0.4, -0.2) is 40.3 Å². The van der Waals surface area contributed by atoms with Gasteiger partial charge in [0.25, 0.3) is 5.91 Å². The van der Waals surface area contributed by atoms with E-state index in [1.807, 2.05) is 54.6 Å². The summed E-state index contributed by atoms with van der Waals surface area (Å²) in [6.07, 6.45) is 0.